The van der Waals surface area contributed by atoms with Gasteiger partial charge in [0.25, 0.3) is 6.43 Å². The summed E-state index contributed by atoms with van der Waals surface area (Å²) in [7, 11) is 0. The Labute approximate surface area is 122 Å². The first-order chi connectivity index (χ1) is 9.86. The zero-order valence-electron chi connectivity index (χ0n) is 12.1. The Bertz CT molecular complexity index is 483. The fraction of sp³-hybridized carbons (Fsp3) is 0.500. The van der Waals surface area contributed by atoms with Crippen LogP contribution in [0.25, 0.3) is 0 Å². The molecule has 0 radical (unpaired) electrons. The first kappa shape index (κ1) is 17.3. The van der Waals surface area contributed by atoms with Gasteiger partial charge in [-0.2, -0.15) is 0 Å². The van der Waals surface area contributed by atoms with E-state index in [4.69, 9.17) is 10.8 Å². The minimum atomic E-state index is -2.57. The number of hydrogen-bond acceptors (Lipinski definition) is 4. The van der Waals surface area contributed by atoms with Crippen LogP contribution in [0.5, 0.6) is 0 Å². The van der Waals surface area contributed by atoms with Crippen molar-refractivity contribution >= 4 is 17.3 Å². The zero-order valence-corrected chi connectivity index (χ0v) is 12.1. The Morgan fingerprint density at radius 3 is 2.71 bits per heavy atom. The first-order valence-corrected chi connectivity index (χ1v) is 6.65. The van der Waals surface area contributed by atoms with E-state index >= 15 is 0 Å². The molecule has 0 saturated heterocycles. The van der Waals surface area contributed by atoms with Crippen molar-refractivity contribution in [3.8, 4) is 0 Å². The van der Waals surface area contributed by atoms with Crippen LogP contribution in [0.1, 0.15) is 12.5 Å². The molecule has 1 rings (SSSR count). The molecule has 1 aromatic carbocycles. The number of aliphatic hydroxyl groups is 1. The third kappa shape index (κ3) is 4.95. The van der Waals surface area contributed by atoms with E-state index in [9.17, 15) is 13.6 Å². The van der Waals surface area contributed by atoms with Crippen molar-refractivity contribution in [2.24, 2.45) is 0 Å². The summed E-state index contributed by atoms with van der Waals surface area (Å²) < 4.78 is 25.0. The van der Waals surface area contributed by atoms with E-state index in [1.807, 2.05) is 0 Å². The average Bonchev–Trinajstić information content (AvgIpc) is 2.42. The number of hydrogen-bond donors (Lipinski definition) is 3. The summed E-state index contributed by atoms with van der Waals surface area (Å²) in [6, 6.07) is 4.32. The Kier molecular flexibility index (Phi) is 6.51. The van der Waals surface area contributed by atoms with Gasteiger partial charge < -0.3 is 16.2 Å². The topological polar surface area (TPSA) is 78.6 Å². The van der Waals surface area contributed by atoms with Crippen LogP contribution < -0.4 is 11.1 Å². The molecule has 0 spiro atoms. The summed E-state index contributed by atoms with van der Waals surface area (Å²) in [6.45, 7) is 2.44. The number of benzene rings is 1. The van der Waals surface area contributed by atoms with Gasteiger partial charge in [0.2, 0.25) is 5.91 Å². The standard InChI is InChI=1S/C14H21F2N3O2/c1-9-11(17)4-3-5-12(9)18-14(21)10(2)19(6-7-20)8-13(15)16/h3-5,10,13,20H,6-8,17H2,1-2H3,(H,18,21). The number of amides is 1. The lowest BCUT2D eigenvalue weighted by Gasteiger charge is -2.27. The number of alkyl halides is 2. The summed E-state index contributed by atoms with van der Waals surface area (Å²) in [6.07, 6.45) is -2.57. The lowest BCUT2D eigenvalue weighted by atomic mass is 10.1. The smallest absolute Gasteiger partial charge is 0.251 e. The van der Waals surface area contributed by atoms with Gasteiger partial charge in [0.1, 0.15) is 0 Å². The molecular formula is C14H21F2N3O2. The van der Waals surface area contributed by atoms with E-state index in [0.29, 0.717) is 11.4 Å². The molecule has 0 aliphatic rings. The van der Waals surface area contributed by atoms with E-state index in [2.05, 4.69) is 5.32 Å². The first-order valence-electron chi connectivity index (χ1n) is 6.65. The predicted molar refractivity (Wildman–Crippen MR) is 78.3 cm³/mol. The Morgan fingerprint density at radius 1 is 1.48 bits per heavy atom. The Hall–Kier alpha value is -1.73. The fourth-order valence-corrected chi connectivity index (χ4v) is 1.94. The van der Waals surface area contributed by atoms with Gasteiger partial charge in [0.05, 0.1) is 19.2 Å². The second-order valence-electron chi connectivity index (χ2n) is 4.79. The number of aliphatic hydroxyl groups excluding tert-OH is 1. The molecule has 4 N–H and O–H groups in total. The van der Waals surface area contributed by atoms with Gasteiger partial charge in [-0.25, -0.2) is 8.78 Å². The van der Waals surface area contributed by atoms with Crippen molar-refractivity contribution in [3.63, 3.8) is 0 Å². The maximum absolute atomic E-state index is 12.5. The van der Waals surface area contributed by atoms with Crippen LogP contribution in [0.3, 0.4) is 0 Å². The van der Waals surface area contributed by atoms with Crippen molar-refractivity contribution < 1.29 is 18.7 Å². The van der Waals surface area contributed by atoms with Crippen molar-refractivity contribution in [1.29, 1.82) is 0 Å². The van der Waals surface area contributed by atoms with Crippen molar-refractivity contribution in [1.82, 2.24) is 4.90 Å². The molecule has 1 aromatic rings. The highest BCUT2D eigenvalue weighted by Crippen LogP contribution is 2.21. The summed E-state index contributed by atoms with van der Waals surface area (Å²) >= 11 is 0. The number of anilines is 2. The molecule has 1 atom stereocenters. The highest BCUT2D eigenvalue weighted by molar-refractivity contribution is 5.95. The number of rotatable bonds is 7. The second kappa shape index (κ2) is 7.90. The van der Waals surface area contributed by atoms with Gasteiger partial charge in [-0.3, -0.25) is 9.69 Å². The highest BCUT2D eigenvalue weighted by Gasteiger charge is 2.24. The van der Waals surface area contributed by atoms with Crippen LogP contribution in [0.2, 0.25) is 0 Å². The molecule has 0 aromatic heterocycles. The minimum absolute atomic E-state index is 0.00877. The molecule has 5 nitrogen and oxygen atoms in total. The molecule has 0 saturated carbocycles. The van der Waals surface area contributed by atoms with Crippen LogP contribution in [0, 0.1) is 6.92 Å². The third-order valence-corrected chi connectivity index (χ3v) is 3.32. The van der Waals surface area contributed by atoms with Crippen LogP contribution >= 0.6 is 0 Å². The molecule has 118 valence electrons. The van der Waals surface area contributed by atoms with Gasteiger partial charge in [-0.15, -0.1) is 0 Å². The molecule has 0 aliphatic heterocycles. The average molecular weight is 301 g/mol. The van der Waals surface area contributed by atoms with Gasteiger partial charge in [0.15, 0.2) is 0 Å². The third-order valence-electron chi connectivity index (χ3n) is 3.32. The van der Waals surface area contributed by atoms with E-state index < -0.39 is 24.9 Å². The van der Waals surface area contributed by atoms with Crippen LogP contribution in [-0.2, 0) is 4.79 Å². The second-order valence-corrected chi connectivity index (χ2v) is 4.79. The van der Waals surface area contributed by atoms with Crippen molar-refractivity contribution in [2.75, 3.05) is 30.7 Å². The van der Waals surface area contributed by atoms with Gasteiger partial charge in [-0.05, 0) is 31.5 Å². The maximum Gasteiger partial charge on any atom is 0.251 e. The lowest BCUT2D eigenvalue weighted by molar-refractivity contribution is -0.121. The largest absolute Gasteiger partial charge is 0.398 e. The van der Waals surface area contributed by atoms with E-state index in [-0.39, 0.29) is 13.2 Å². The molecular weight excluding hydrogens is 280 g/mol. The monoisotopic (exact) mass is 301 g/mol. The number of halogens is 2. The van der Waals surface area contributed by atoms with Gasteiger partial charge in [0, 0.05) is 17.9 Å². The maximum atomic E-state index is 12.5. The SMILES string of the molecule is Cc1c(N)cccc1NC(=O)C(C)N(CCO)CC(F)F. The Balaban J connectivity index is 2.78. The molecule has 1 amide bonds. The highest BCUT2D eigenvalue weighted by atomic mass is 19.3. The molecule has 1 unspecified atom stereocenters. The molecule has 21 heavy (non-hydrogen) atoms. The molecule has 0 bridgehead atoms. The number of carbonyl (C=O) groups is 1. The zero-order chi connectivity index (χ0) is 16.0. The van der Waals surface area contributed by atoms with E-state index in [0.717, 1.165) is 5.56 Å². The molecule has 0 aliphatic carbocycles. The summed E-state index contributed by atoms with van der Waals surface area (Å²) in [5.41, 5.74) is 7.57. The number of nitrogens with one attached hydrogen (secondary N) is 1. The lowest BCUT2D eigenvalue weighted by Crippen LogP contribution is -2.45. The quantitative estimate of drug-likeness (QED) is 0.666. The van der Waals surface area contributed by atoms with Gasteiger partial charge >= 0.3 is 0 Å². The van der Waals surface area contributed by atoms with E-state index in [1.165, 1.54) is 11.8 Å². The summed E-state index contributed by atoms with van der Waals surface area (Å²) in [4.78, 5) is 13.4. The number of nitrogen functional groups attached to an aromatic ring is 1. The van der Waals surface area contributed by atoms with Crippen LogP contribution in [-0.4, -0.2) is 48.1 Å². The molecule has 0 heterocycles. The van der Waals surface area contributed by atoms with Gasteiger partial charge in [-0.1, -0.05) is 6.07 Å². The molecule has 0 fully saturated rings. The molecule has 7 heteroatoms. The summed E-state index contributed by atoms with van der Waals surface area (Å²) in [5.74, 6) is -0.419. The minimum Gasteiger partial charge on any atom is -0.398 e. The number of nitrogens with two attached hydrogens (primary N) is 1. The summed E-state index contributed by atoms with van der Waals surface area (Å²) in [5, 5.41) is 11.6. The van der Waals surface area contributed by atoms with Crippen LogP contribution in [0.4, 0.5) is 20.2 Å². The number of carbonyl (C=O) groups excluding carboxylic acids is 1. The predicted octanol–water partition coefficient (Wildman–Crippen LogP) is 1.46. The van der Waals surface area contributed by atoms with Crippen LogP contribution in [0.15, 0.2) is 18.2 Å². The Morgan fingerprint density at radius 2 is 2.14 bits per heavy atom. The fourth-order valence-electron chi connectivity index (χ4n) is 1.94. The normalized spacial score (nSPS) is 12.7. The van der Waals surface area contributed by atoms with E-state index in [1.54, 1.807) is 25.1 Å². The number of nitrogens with zero attached hydrogens (tertiary/aromatic N) is 1. The van der Waals surface area contributed by atoms with Crippen molar-refractivity contribution in [3.05, 3.63) is 23.8 Å². The van der Waals surface area contributed by atoms with Crippen molar-refractivity contribution in [2.45, 2.75) is 26.3 Å².